The summed E-state index contributed by atoms with van der Waals surface area (Å²) in [6, 6.07) is 8.02. The maximum atomic E-state index is 10.6. The predicted octanol–water partition coefficient (Wildman–Crippen LogP) is 3.02. The van der Waals surface area contributed by atoms with E-state index in [-0.39, 0.29) is 0 Å². The van der Waals surface area contributed by atoms with Crippen LogP contribution in [0.2, 0.25) is 0 Å². The van der Waals surface area contributed by atoms with Crippen molar-refractivity contribution in [1.29, 1.82) is 0 Å². The van der Waals surface area contributed by atoms with Gasteiger partial charge in [0.2, 0.25) is 0 Å². The summed E-state index contributed by atoms with van der Waals surface area (Å²) in [6.45, 7) is 5.48. The number of benzene rings is 1. The average molecular weight is 259 g/mol. The number of nitrogens with zero attached hydrogens (tertiary/aromatic N) is 1. The Bertz CT molecular complexity index is 468. The van der Waals surface area contributed by atoms with Gasteiger partial charge in [-0.3, -0.25) is 4.90 Å². The quantitative estimate of drug-likeness (QED) is 0.845. The van der Waals surface area contributed by atoms with Crippen LogP contribution in [0.15, 0.2) is 30.3 Å². The average Bonchev–Trinajstić information content (AvgIpc) is 2.38. The Hall–Kier alpha value is -1.61. The van der Waals surface area contributed by atoms with E-state index in [4.69, 9.17) is 5.11 Å². The van der Waals surface area contributed by atoms with Crippen LogP contribution >= 0.6 is 0 Å². The first-order valence-electron chi connectivity index (χ1n) is 6.86. The van der Waals surface area contributed by atoms with Crippen LogP contribution in [0.5, 0.6) is 0 Å². The lowest BCUT2D eigenvalue weighted by Crippen LogP contribution is -2.33. The molecule has 1 atom stereocenters. The zero-order valence-electron chi connectivity index (χ0n) is 11.4. The van der Waals surface area contributed by atoms with Gasteiger partial charge in [0, 0.05) is 19.2 Å². The van der Waals surface area contributed by atoms with Crippen LogP contribution in [-0.2, 0) is 11.3 Å². The van der Waals surface area contributed by atoms with Gasteiger partial charge < -0.3 is 5.11 Å². The molecule has 1 saturated heterocycles. The van der Waals surface area contributed by atoms with Crippen LogP contribution < -0.4 is 0 Å². The Balaban J connectivity index is 2.09. The van der Waals surface area contributed by atoms with E-state index >= 15 is 0 Å². The molecule has 1 heterocycles. The standard InChI is InChI=1S/C16H21NO2/c1-13-5-4-10-17(11-13)12-15-7-3-2-6-14(15)8-9-16(18)19/h2-3,6-9,13H,4-5,10-12H2,1H3,(H,18,19)/b9-8+. The van der Waals surface area contributed by atoms with Gasteiger partial charge in [-0.1, -0.05) is 31.2 Å². The molecule has 0 saturated carbocycles. The molecule has 0 radical (unpaired) electrons. The lowest BCUT2D eigenvalue weighted by atomic mass is 9.99. The van der Waals surface area contributed by atoms with E-state index in [1.807, 2.05) is 18.2 Å². The van der Waals surface area contributed by atoms with Gasteiger partial charge in [0.05, 0.1) is 0 Å². The second kappa shape index (κ2) is 6.53. The molecule has 1 aliphatic rings. The molecule has 1 aromatic carbocycles. The van der Waals surface area contributed by atoms with Crippen molar-refractivity contribution in [2.75, 3.05) is 13.1 Å². The van der Waals surface area contributed by atoms with E-state index in [0.29, 0.717) is 0 Å². The van der Waals surface area contributed by atoms with Crippen molar-refractivity contribution in [3.05, 3.63) is 41.5 Å². The Kier molecular flexibility index (Phi) is 4.74. The molecule has 0 aromatic heterocycles. The summed E-state index contributed by atoms with van der Waals surface area (Å²) in [5.74, 6) is -0.142. The molecule has 1 aliphatic heterocycles. The van der Waals surface area contributed by atoms with Crippen molar-refractivity contribution in [2.24, 2.45) is 5.92 Å². The maximum absolute atomic E-state index is 10.6. The molecular weight excluding hydrogens is 238 g/mol. The van der Waals surface area contributed by atoms with Crippen molar-refractivity contribution in [3.8, 4) is 0 Å². The summed E-state index contributed by atoms with van der Waals surface area (Å²) in [5.41, 5.74) is 2.21. The summed E-state index contributed by atoms with van der Waals surface area (Å²) in [5, 5.41) is 8.72. The Morgan fingerprint density at radius 1 is 1.47 bits per heavy atom. The molecule has 0 bridgehead atoms. The van der Waals surface area contributed by atoms with E-state index < -0.39 is 5.97 Å². The van der Waals surface area contributed by atoms with Crippen molar-refractivity contribution >= 4 is 12.0 Å². The molecule has 3 heteroatoms. The first-order valence-corrected chi connectivity index (χ1v) is 6.86. The molecule has 3 nitrogen and oxygen atoms in total. The van der Waals surface area contributed by atoms with Gasteiger partial charge in [-0.05, 0) is 42.5 Å². The predicted molar refractivity (Wildman–Crippen MR) is 76.8 cm³/mol. The number of piperidine rings is 1. The Morgan fingerprint density at radius 3 is 3.00 bits per heavy atom. The molecule has 1 aromatic rings. The third-order valence-electron chi connectivity index (χ3n) is 3.60. The second-order valence-electron chi connectivity index (χ2n) is 5.35. The number of carboxylic acid groups (broad SMARTS) is 1. The topological polar surface area (TPSA) is 40.5 Å². The van der Waals surface area contributed by atoms with E-state index in [9.17, 15) is 4.79 Å². The third-order valence-corrected chi connectivity index (χ3v) is 3.60. The highest BCUT2D eigenvalue weighted by Crippen LogP contribution is 2.20. The number of carbonyl (C=O) groups is 1. The van der Waals surface area contributed by atoms with E-state index in [0.717, 1.165) is 31.1 Å². The van der Waals surface area contributed by atoms with Gasteiger partial charge in [0.1, 0.15) is 0 Å². The molecule has 1 fully saturated rings. The number of carboxylic acids is 1. The van der Waals surface area contributed by atoms with Crippen molar-refractivity contribution in [2.45, 2.75) is 26.3 Å². The lowest BCUT2D eigenvalue weighted by molar-refractivity contribution is -0.131. The van der Waals surface area contributed by atoms with Gasteiger partial charge in [0.25, 0.3) is 0 Å². The highest BCUT2D eigenvalue weighted by molar-refractivity contribution is 5.85. The highest BCUT2D eigenvalue weighted by Gasteiger charge is 2.16. The van der Waals surface area contributed by atoms with E-state index in [1.165, 1.54) is 24.5 Å². The van der Waals surface area contributed by atoms with Crippen molar-refractivity contribution in [3.63, 3.8) is 0 Å². The molecule has 1 N–H and O–H groups in total. The van der Waals surface area contributed by atoms with Crippen LogP contribution in [0.25, 0.3) is 6.08 Å². The van der Waals surface area contributed by atoms with Gasteiger partial charge >= 0.3 is 5.97 Å². The van der Waals surface area contributed by atoms with Crippen molar-refractivity contribution < 1.29 is 9.90 Å². The maximum Gasteiger partial charge on any atom is 0.328 e. The molecule has 0 spiro atoms. The molecule has 19 heavy (non-hydrogen) atoms. The minimum absolute atomic E-state index is 0.760. The smallest absolute Gasteiger partial charge is 0.328 e. The van der Waals surface area contributed by atoms with Crippen LogP contribution in [0, 0.1) is 5.92 Å². The molecule has 102 valence electrons. The summed E-state index contributed by atoms with van der Waals surface area (Å²) in [7, 11) is 0. The number of hydrogen-bond acceptors (Lipinski definition) is 2. The Labute approximate surface area is 114 Å². The van der Waals surface area contributed by atoms with Crippen LogP contribution in [0.4, 0.5) is 0 Å². The SMILES string of the molecule is CC1CCCN(Cc2ccccc2/C=C/C(=O)O)C1. The van der Waals surface area contributed by atoms with Crippen molar-refractivity contribution in [1.82, 2.24) is 4.90 Å². The van der Waals surface area contributed by atoms with Crippen LogP contribution in [0.1, 0.15) is 30.9 Å². The largest absolute Gasteiger partial charge is 0.478 e. The fourth-order valence-electron chi connectivity index (χ4n) is 2.67. The summed E-state index contributed by atoms with van der Waals surface area (Å²) < 4.78 is 0. The lowest BCUT2D eigenvalue weighted by Gasteiger charge is -2.31. The van der Waals surface area contributed by atoms with Gasteiger partial charge in [0.15, 0.2) is 0 Å². The van der Waals surface area contributed by atoms with Gasteiger partial charge in [-0.25, -0.2) is 4.79 Å². The molecular formula is C16H21NO2. The fourth-order valence-corrected chi connectivity index (χ4v) is 2.67. The van der Waals surface area contributed by atoms with E-state index in [1.54, 1.807) is 6.08 Å². The zero-order valence-corrected chi connectivity index (χ0v) is 11.4. The number of hydrogen-bond donors (Lipinski definition) is 1. The molecule has 2 rings (SSSR count). The van der Waals surface area contributed by atoms with Gasteiger partial charge in [-0.15, -0.1) is 0 Å². The zero-order chi connectivity index (χ0) is 13.7. The molecule has 0 aliphatic carbocycles. The highest BCUT2D eigenvalue weighted by atomic mass is 16.4. The second-order valence-corrected chi connectivity index (χ2v) is 5.35. The Morgan fingerprint density at radius 2 is 2.26 bits per heavy atom. The minimum Gasteiger partial charge on any atom is -0.478 e. The minimum atomic E-state index is -0.901. The summed E-state index contributed by atoms with van der Waals surface area (Å²) in [6.07, 6.45) is 5.47. The third kappa shape index (κ3) is 4.21. The number of aliphatic carboxylic acids is 1. The van der Waals surface area contributed by atoms with E-state index in [2.05, 4.69) is 17.9 Å². The first kappa shape index (κ1) is 13.8. The number of rotatable bonds is 4. The summed E-state index contributed by atoms with van der Waals surface area (Å²) in [4.78, 5) is 13.1. The van der Waals surface area contributed by atoms with Crippen LogP contribution in [0.3, 0.4) is 0 Å². The molecule has 0 amide bonds. The first-order chi connectivity index (χ1) is 9.15. The molecule has 1 unspecified atom stereocenters. The fraction of sp³-hybridized carbons (Fsp3) is 0.438. The normalized spacial score (nSPS) is 20.8. The monoisotopic (exact) mass is 259 g/mol. The summed E-state index contributed by atoms with van der Waals surface area (Å²) >= 11 is 0. The van der Waals surface area contributed by atoms with Crippen LogP contribution in [-0.4, -0.2) is 29.1 Å². The number of likely N-dealkylation sites (tertiary alicyclic amines) is 1. The van der Waals surface area contributed by atoms with Gasteiger partial charge in [-0.2, -0.15) is 0 Å².